The Hall–Kier alpha value is -0.520. The topological polar surface area (TPSA) is 32.3 Å². The van der Waals surface area contributed by atoms with E-state index >= 15 is 0 Å². The standard InChI is InChI=1S/C11H16N2OS2/c1-8-10(14)13(5-4-12-2)11(16-8)9-3-6-15-7-9/h3,6-8,11-12H,4-5H2,1-2H3/t8-,11+/m1/s1. The van der Waals surface area contributed by atoms with Crippen LogP contribution in [0, 0.1) is 0 Å². The van der Waals surface area contributed by atoms with Gasteiger partial charge in [0.05, 0.1) is 5.25 Å². The van der Waals surface area contributed by atoms with Crippen LogP contribution in [0.2, 0.25) is 0 Å². The SMILES string of the molecule is CNCCN1C(=O)[C@@H](C)S[C@H]1c1ccsc1. The van der Waals surface area contributed by atoms with Crippen LogP contribution in [0.15, 0.2) is 16.8 Å². The molecule has 1 N–H and O–H groups in total. The van der Waals surface area contributed by atoms with Gasteiger partial charge in [-0.05, 0) is 36.4 Å². The smallest absolute Gasteiger partial charge is 0.236 e. The number of likely N-dealkylation sites (N-methyl/N-ethyl adjacent to an activating group) is 1. The second-order valence-electron chi connectivity index (χ2n) is 3.82. The molecule has 0 radical (unpaired) electrons. The van der Waals surface area contributed by atoms with Crippen LogP contribution in [0.3, 0.4) is 0 Å². The van der Waals surface area contributed by atoms with Gasteiger partial charge in [-0.2, -0.15) is 11.3 Å². The fourth-order valence-electron chi connectivity index (χ4n) is 1.81. The van der Waals surface area contributed by atoms with Crippen LogP contribution in [0.1, 0.15) is 17.9 Å². The van der Waals surface area contributed by atoms with Gasteiger partial charge >= 0.3 is 0 Å². The molecule has 1 aliphatic heterocycles. The summed E-state index contributed by atoms with van der Waals surface area (Å²) in [6.45, 7) is 3.62. The molecule has 1 saturated heterocycles. The van der Waals surface area contributed by atoms with E-state index in [-0.39, 0.29) is 16.5 Å². The molecule has 2 rings (SSSR count). The molecule has 0 aromatic carbocycles. The van der Waals surface area contributed by atoms with Gasteiger partial charge in [-0.15, -0.1) is 11.8 Å². The minimum atomic E-state index is 0.0850. The number of nitrogens with one attached hydrogen (secondary N) is 1. The molecule has 1 aromatic heterocycles. The van der Waals surface area contributed by atoms with Crippen molar-refractivity contribution in [3.63, 3.8) is 0 Å². The lowest BCUT2D eigenvalue weighted by Crippen LogP contribution is -2.35. The third-order valence-corrected chi connectivity index (χ3v) is 4.77. The number of nitrogens with zero attached hydrogens (tertiary/aromatic N) is 1. The van der Waals surface area contributed by atoms with E-state index < -0.39 is 0 Å². The number of rotatable bonds is 4. The molecule has 1 aliphatic rings. The van der Waals surface area contributed by atoms with Crippen LogP contribution in [0.4, 0.5) is 0 Å². The molecule has 88 valence electrons. The molecule has 1 aromatic rings. The number of carbonyl (C=O) groups is 1. The van der Waals surface area contributed by atoms with E-state index in [0.717, 1.165) is 13.1 Å². The van der Waals surface area contributed by atoms with Gasteiger partial charge in [-0.1, -0.05) is 0 Å². The van der Waals surface area contributed by atoms with E-state index in [1.54, 1.807) is 23.1 Å². The second-order valence-corrected chi connectivity index (χ2v) is 6.03. The summed E-state index contributed by atoms with van der Waals surface area (Å²) in [5, 5.41) is 7.59. The summed E-state index contributed by atoms with van der Waals surface area (Å²) in [7, 11) is 1.91. The predicted octanol–water partition coefficient (Wildman–Crippen LogP) is 1.93. The molecule has 0 saturated carbocycles. The van der Waals surface area contributed by atoms with Gasteiger partial charge in [0.1, 0.15) is 5.37 Å². The van der Waals surface area contributed by atoms with Crippen molar-refractivity contribution in [1.29, 1.82) is 0 Å². The summed E-state index contributed by atoms with van der Waals surface area (Å²) < 4.78 is 0. The van der Waals surface area contributed by atoms with Gasteiger partial charge in [0.2, 0.25) is 5.91 Å². The maximum atomic E-state index is 12.0. The van der Waals surface area contributed by atoms with Crippen molar-refractivity contribution in [2.75, 3.05) is 20.1 Å². The second kappa shape index (κ2) is 5.21. The summed E-state index contributed by atoms with van der Waals surface area (Å²) in [4.78, 5) is 14.0. The van der Waals surface area contributed by atoms with Gasteiger partial charge in [-0.25, -0.2) is 0 Å². The first kappa shape index (κ1) is 12.0. The average Bonchev–Trinajstić information content (AvgIpc) is 2.87. The Labute approximate surface area is 104 Å². The Bertz CT molecular complexity index is 353. The van der Waals surface area contributed by atoms with Crippen LogP contribution in [-0.4, -0.2) is 36.2 Å². The monoisotopic (exact) mass is 256 g/mol. The van der Waals surface area contributed by atoms with Gasteiger partial charge < -0.3 is 10.2 Å². The van der Waals surface area contributed by atoms with Crippen molar-refractivity contribution in [3.8, 4) is 0 Å². The lowest BCUT2D eigenvalue weighted by Gasteiger charge is -2.23. The number of hydrogen-bond acceptors (Lipinski definition) is 4. The number of hydrogen-bond donors (Lipinski definition) is 1. The van der Waals surface area contributed by atoms with Crippen molar-refractivity contribution in [3.05, 3.63) is 22.4 Å². The molecule has 5 heteroatoms. The molecule has 0 spiro atoms. The Morgan fingerprint density at radius 2 is 2.38 bits per heavy atom. The van der Waals surface area contributed by atoms with Crippen molar-refractivity contribution in [2.45, 2.75) is 17.5 Å². The normalized spacial score (nSPS) is 25.4. The largest absolute Gasteiger partial charge is 0.324 e. The maximum absolute atomic E-state index is 12.0. The maximum Gasteiger partial charge on any atom is 0.236 e. The van der Waals surface area contributed by atoms with E-state index in [2.05, 4.69) is 22.1 Å². The number of carbonyl (C=O) groups excluding carboxylic acids is 1. The van der Waals surface area contributed by atoms with Crippen molar-refractivity contribution < 1.29 is 4.79 Å². The number of amides is 1. The van der Waals surface area contributed by atoms with E-state index in [1.807, 2.05) is 18.9 Å². The molecule has 1 amide bonds. The summed E-state index contributed by atoms with van der Waals surface area (Å²) in [5.41, 5.74) is 1.25. The quantitative estimate of drug-likeness (QED) is 0.893. The summed E-state index contributed by atoms with van der Waals surface area (Å²) in [6, 6.07) is 2.11. The first-order valence-corrected chi connectivity index (χ1v) is 7.25. The third-order valence-electron chi connectivity index (χ3n) is 2.68. The summed E-state index contributed by atoms with van der Waals surface area (Å²) in [6.07, 6.45) is 0. The number of thioether (sulfide) groups is 1. The van der Waals surface area contributed by atoms with Crippen LogP contribution in [0.25, 0.3) is 0 Å². The molecular weight excluding hydrogens is 240 g/mol. The summed E-state index contributed by atoms with van der Waals surface area (Å²) >= 11 is 3.43. The predicted molar refractivity (Wildman–Crippen MR) is 69.8 cm³/mol. The van der Waals surface area contributed by atoms with Gasteiger partial charge in [0, 0.05) is 13.1 Å². The highest BCUT2D eigenvalue weighted by molar-refractivity contribution is 8.01. The van der Waals surface area contributed by atoms with Gasteiger partial charge in [-0.3, -0.25) is 4.79 Å². The minimum absolute atomic E-state index is 0.0850. The molecular formula is C11H16N2OS2. The lowest BCUT2D eigenvalue weighted by molar-refractivity contribution is -0.129. The highest BCUT2D eigenvalue weighted by Crippen LogP contribution is 2.43. The van der Waals surface area contributed by atoms with Crippen LogP contribution < -0.4 is 5.32 Å². The van der Waals surface area contributed by atoms with Gasteiger partial charge in [0.25, 0.3) is 0 Å². The van der Waals surface area contributed by atoms with Crippen LogP contribution in [0.5, 0.6) is 0 Å². The molecule has 16 heavy (non-hydrogen) atoms. The first-order chi connectivity index (χ1) is 7.74. The highest BCUT2D eigenvalue weighted by atomic mass is 32.2. The molecule has 2 heterocycles. The Balaban J connectivity index is 2.13. The molecule has 3 nitrogen and oxygen atoms in total. The van der Waals surface area contributed by atoms with Gasteiger partial charge in [0.15, 0.2) is 0 Å². The van der Waals surface area contributed by atoms with E-state index in [1.165, 1.54) is 5.56 Å². The Kier molecular flexibility index (Phi) is 3.89. The molecule has 0 unspecified atom stereocenters. The average molecular weight is 256 g/mol. The van der Waals surface area contributed by atoms with Crippen molar-refractivity contribution in [2.24, 2.45) is 0 Å². The van der Waals surface area contributed by atoms with E-state index in [4.69, 9.17) is 0 Å². The lowest BCUT2D eigenvalue weighted by atomic mass is 10.3. The van der Waals surface area contributed by atoms with Crippen LogP contribution in [-0.2, 0) is 4.79 Å². The number of thiophene rings is 1. The Morgan fingerprint density at radius 1 is 1.56 bits per heavy atom. The van der Waals surface area contributed by atoms with Crippen molar-refractivity contribution in [1.82, 2.24) is 10.2 Å². The van der Waals surface area contributed by atoms with E-state index in [9.17, 15) is 4.79 Å². The highest BCUT2D eigenvalue weighted by Gasteiger charge is 2.37. The molecule has 2 atom stereocenters. The fraction of sp³-hybridized carbons (Fsp3) is 0.545. The van der Waals surface area contributed by atoms with Crippen LogP contribution >= 0.6 is 23.1 Å². The fourth-order valence-corrected chi connectivity index (χ4v) is 3.87. The van der Waals surface area contributed by atoms with Crippen molar-refractivity contribution >= 4 is 29.0 Å². The Morgan fingerprint density at radius 3 is 3.00 bits per heavy atom. The zero-order chi connectivity index (χ0) is 11.5. The third kappa shape index (κ3) is 2.26. The minimum Gasteiger partial charge on any atom is -0.324 e. The first-order valence-electron chi connectivity index (χ1n) is 5.36. The van der Waals surface area contributed by atoms with E-state index in [0.29, 0.717) is 0 Å². The zero-order valence-electron chi connectivity index (χ0n) is 9.47. The molecule has 0 aliphatic carbocycles. The molecule has 0 bridgehead atoms. The summed E-state index contributed by atoms with van der Waals surface area (Å²) in [5.74, 6) is 0.261. The zero-order valence-corrected chi connectivity index (χ0v) is 11.1. The molecule has 1 fully saturated rings.